The highest BCUT2D eigenvalue weighted by Crippen LogP contribution is 2.27. The monoisotopic (exact) mass is 497 g/mol. The fourth-order valence-electron chi connectivity index (χ4n) is 4.04. The van der Waals surface area contributed by atoms with Gasteiger partial charge >= 0.3 is 0 Å². The molecule has 7 nitrogen and oxygen atoms in total. The van der Waals surface area contributed by atoms with Crippen LogP contribution < -0.4 is 10.6 Å². The molecule has 9 heteroatoms. The number of amides is 2. The lowest BCUT2D eigenvalue weighted by molar-refractivity contribution is -0.120. The van der Waals surface area contributed by atoms with Crippen molar-refractivity contribution in [1.29, 1.82) is 0 Å². The summed E-state index contributed by atoms with van der Waals surface area (Å²) in [4.78, 5) is 26.1. The van der Waals surface area contributed by atoms with Gasteiger partial charge in [0.2, 0.25) is 5.91 Å². The molecule has 0 radical (unpaired) electrons. The van der Waals surface area contributed by atoms with Crippen LogP contribution in [0.3, 0.4) is 0 Å². The molecule has 1 fully saturated rings. The molecule has 3 aromatic rings. The molecule has 2 heterocycles. The number of para-hydroxylation sites is 1. The maximum absolute atomic E-state index is 13.1. The van der Waals surface area contributed by atoms with Gasteiger partial charge in [-0.2, -0.15) is 4.31 Å². The Hall–Kier alpha value is -3.01. The number of thiophene rings is 1. The van der Waals surface area contributed by atoms with Gasteiger partial charge in [0.05, 0.1) is 23.2 Å². The van der Waals surface area contributed by atoms with Crippen LogP contribution in [-0.2, 0) is 14.8 Å². The van der Waals surface area contributed by atoms with Gasteiger partial charge in [0.1, 0.15) is 4.21 Å². The largest absolute Gasteiger partial charge is 0.345 e. The van der Waals surface area contributed by atoms with E-state index in [0.717, 1.165) is 5.56 Å². The fourth-order valence-corrected chi connectivity index (χ4v) is 6.70. The summed E-state index contributed by atoms with van der Waals surface area (Å²) < 4.78 is 27.4. The Bertz CT molecular complexity index is 1240. The third kappa shape index (κ3) is 5.38. The first kappa shape index (κ1) is 24.1. The van der Waals surface area contributed by atoms with Crippen LogP contribution in [0.5, 0.6) is 0 Å². The van der Waals surface area contributed by atoms with E-state index in [-0.39, 0.29) is 28.6 Å². The molecule has 1 aliphatic rings. The molecule has 178 valence electrons. The van der Waals surface area contributed by atoms with E-state index >= 15 is 0 Å². The number of carbonyl (C=O) groups is 2. The van der Waals surface area contributed by atoms with Gasteiger partial charge in [0.25, 0.3) is 15.9 Å². The minimum absolute atomic E-state index is 0.117. The third-order valence-electron chi connectivity index (χ3n) is 5.92. The molecule has 0 unspecified atom stereocenters. The van der Waals surface area contributed by atoms with Crippen LogP contribution >= 0.6 is 11.3 Å². The highest BCUT2D eigenvalue weighted by Gasteiger charge is 2.34. The summed E-state index contributed by atoms with van der Waals surface area (Å²) in [5.74, 6) is -1.08. The van der Waals surface area contributed by atoms with Crippen LogP contribution in [0.4, 0.5) is 5.69 Å². The molecule has 2 amide bonds. The fraction of sp³-hybridized carbons (Fsp3) is 0.280. The standard InChI is InChI=1S/C25H27N3O4S2/c1-18(19-9-3-2-4-10-19)26-25(30)21-12-5-6-13-22(21)27-24(29)20-11-7-15-28(17-20)34(31,32)23-14-8-16-33-23/h2-6,8-10,12-14,16,18,20H,7,11,15,17H2,1H3,(H,26,30)(H,27,29)/t18-,20+/m1/s1. The van der Waals surface area contributed by atoms with Crippen molar-refractivity contribution in [2.45, 2.75) is 30.0 Å². The van der Waals surface area contributed by atoms with Crippen molar-refractivity contribution in [2.24, 2.45) is 5.92 Å². The van der Waals surface area contributed by atoms with Gasteiger partial charge in [-0.05, 0) is 48.9 Å². The summed E-state index contributed by atoms with van der Waals surface area (Å²) in [6, 6.07) is 19.6. The van der Waals surface area contributed by atoms with E-state index in [0.29, 0.717) is 30.6 Å². The van der Waals surface area contributed by atoms with Crippen molar-refractivity contribution in [1.82, 2.24) is 9.62 Å². The van der Waals surface area contributed by atoms with Gasteiger partial charge in [-0.25, -0.2) is 8.42 Å². The van der Waals surface area contributed by atoms with Crippen molar-refractivity contribution >= 4 is 38.9 Å². The van der Waals surface area contributed by atoms with Gasteiger partial charge in [-0.15, -0.1) is 11.3 Å². The zero-order chi connectivity index (χ0) is 24.1. The van der Waals surface area contributed by atoms with Gasteiger partial charge < -0.3 is 10.6 Å². The number of anilines is 1. The van der Waals surface area contributed by atoms with Crippen LogP contribution in [0.1, 0.15) is 41.7 Å². The Labute approximate surface area is 203 Å². The third-order valence-corrected chi connectivity index (χ3v) is 9.16. The smallest absolute Gasteiger partial charge is 0.253 e. The average molecular weight is 498 g/mol. The number of sulfonamides is 1. The molecule has 1 aromatic heterocycles. The predicted octanol–water partition coefficient (Wildman–Crippen LogP) is 4.28. The summed E-state index contributed by atoms with van der Waals surface area (Å²) >= 11 is 1.17. The number of carbonyl (C=O) groups excluding carboxylic acids is 2. The molecule has 1 aliphatic heterocycles. The minimum atomic E-state index is -3.61. The molecule has 0 bridgehead atoms. The molecular weight excluding hydrogens is 470 g/mol. The molecule has 2 N–H and O–H groups in total. The molecule has 4 rings (SSSR count). The maximum Gasteiger partial charge on any atom is 0.253 e. The highest BCUT2D eigenvalue weighted by atomic mass is 32.2. The molecule has 0 aliphatic carbocycles. The van der Waals surface area contributed by atoms with Crippen molar-refractivity contribution in [3.63, 3.8) is 0 Å². The van der Waals surface area contributed by atoms with Gasteiger partial charge in [0, 0.05) is 13.1 Å². The summed E-state index contributed by atoms with van der Waals surface area (Å²) in [6.45, 7) is 2.41. The second kappa shape index (κ2) is 10.5. The Kier molecular flexibility index (Phi) is 7.45. The summed E-state index contributed by atoms with van der Waals surface area (Å²) in [6.07, 6.45) is 1.18. The van der Waals surface area contributed by atoms with Crippen LogP contribution in [0.15, 0.2) is 76.3 Å². The highest BCUT2D eigenvalue weighted by molar-refractivity contribution is 7.91. The van der Waals surface area contributed by atoms with Crippen molar-refractivity contribution < 1.29 is 18.0 Å². The van der Waals surface area contributed by atoms with E-state index in [1.807, 2.05) is 37.3 Å². The SMILES string of the molecule is C[C@@H](NC(=O)c1ccccc1NC(=O)[C@H]1CCCN(S(=O)(=O)c2cccs2)C1)c1ccccc1. The average Bonchev–Trinajstić information content (AvgIpc) is 3.41. The summed E-state index contributed by atoms with van der Waals surface area (Å²) in [5.41, 5.74) is 1.74. The number of hydrogen-bond acceptors (Lipinski definition) is 5. The van der Waals surface area contributed by atoms with Crippen LogP contribution in [-0.4, -0.2) is 37.6 Å². The number of nitrogens with zero attached hydrogens (tertiary/aromatic N) is 1. The zero-order valence-electron chi connectivity index (χ0n) is 18.8. The molecule has 0 saturated carbocycles. The normalized spacial score (nSPS) is 17.6. The van der Waals surface area contributed by atoms with Gasteiger partial charge in [0.15, 0.2) is 0 Å². The lowest BCUT2D eigenvalue weighted by Gasteiger charge is -2.31. The Morgan fingerprint density at radius 2 is 1.76 bits per heavy atom. The molecule has 0 spiro atoms. The summed E-state index contributed by atoms with van der Waals surface area (Å²) in [5, 5.41) is 7.56. The van der Waals surface area contributed by atoms with Crippen molar-refractivity contribution in [3.05, 3.63) is 83.2 Å². The van der Waals surface area contributed by atoms with E-state index in [4.69, 9.17) is 0 Å². The lowest BCUT2D eigenvalue weighted by Crippen LogP contribution is -2.43. The van der Waals surface area contributed by atoms with Crippen molar-refractivity contribution in [3.8, 4) is 0 Å². The first-order valence-electron chi connectivity index (χ1n) is 11.2. The van der Waals surface area contributed by atoms with E-state index < -0.39 is 15.9 Å². The Morgan fingerprint density at radius 3 is 2.50 bits per heavy atom. The molecular formula is C25H27N3O4S2. The van der Waals surface area contributed by atoms with Gasteiger partial charge in [-0.1, -0.05) is 48.5 Å². The van der Waals surface area contributed by atoms with E-state index in [1.165, 1.54) is 15.6 Å². The van der Waals surface area contributed by atoms with E-state index in [1.54, 1.807) is 41.8 Å². The van der Waals surface area contributed by atoms with Crippen LogP contribution in [0, 0.1) is 5.92 Å². The number of hydrogen-bond donors (Lipinski definition) is 2. The van der Waals surface area contributed by atoms with Crippen LogP contribution in [0.25, 0.3) is 0 Å². The number of benzene rings is 2. The van der Waals surface area contributed by atoms with Gasteiger partial charge in [-0.3, -0.25) is 9.59 Å². The maximum atomic E-state index is 13.1. The number of rotatable bonds is 7. The van der Waals surface area contributed by atoms with E-state index in [9.17, 15) is 18.0 Å². The quantitative estimate of drug-likeness (QED) is 0.509. The second-order valence-corrected chi connectivity index (χ2v) is 11.4. The molecule has 2 atom stereocenters. The predicted molar refractivity (Wildman–Crippen MR) is 133 cm³/mol. The molecule has 2 aromatic carbocycles. The Balaban J connectivity index is 1.45. The number of piperidine rings is 1. The molecule has 1 saturated heterocycles. The second-order valence-electron chi connectivity index (χ2n) is 8.27. The van der Waals surface area contributed by atoms with Crippen molar-refractivity contribution in [2.75, 3.05) is 18.4 Å². The van der Waals surface area contributed by atoms with Crippen LogP contribution in [0.2, 0.25) is 0 Å². The zero-order valence-corrected chi connectivity index (χ0v) is 20.4. The lowest BCUT2D eigenvalue weighted by atomic mass is 9.98. The topological polar surface area (TPSA) is 95.6 Å². The minimum Gasteiger partial charge on any atom is -0.345 e. The number of nitrogens with one attached hydrogen (secondary N) is 2. The first-order chi connectivity index (χ1) is 16.4. The Morgan fingerprint density at radius 1 is 1.03 bits per heavy atom. The summed E-state index contributed by atoms with van der Waals surface area (Å²) in [7, 11) is -3.61. The molecule has 34 heavy (non-hydrogen) atoms. The first-order valence-corrected chi connectivity index (χ1v) is 13.5. The van der Waals surface area contributed by atoms with E-state index in [2.05, 4.69) is 10.6 Å².